The lowest BCUT2D eigenvalue weighted by Crippen LogP contribution is -2.26. The number of allylic oxidation sites excluding steroid dienone is 1. The minimum Gasteiger partial charge on any atom is -0.296 e. The van der Waals surface area contributed by atoms with Crippen LogP contribution in [0.3, 0.4) is 0 Å². The highest BCUT2D eigenvalue weighted by Crippen LogP contribution is 2.33. The summed E-state index contributed by atoms with van der Waals surface area (Å²) in [7, 11) is 0. The molecule has 0 bridgehead atoms. The van der Waals surface area contributed by atoms with Gasteiger partial charge in [0.05, 0.1) is 11.8 Å². The first-order chi connectivity index (χ1) is 5.70. The molecular formula is C9H11NO2. The highest BCUT2D eigenvalue weighted by atomic mass is 16.2. The molecule has 0 aromatic heterocycles. The van der Waals surface area contributed by atoms with E-state index in [1.807, 2.05) is 19.1 Å². The first-order valence-electron chi connectivity index (χ1n) is 4.21. The van der Waals surface area contributed by atoms with Gasteiger partial charge in [-0.05, 0) is 12.3 Å². The van der Waals surface area contributed by atoms with Gasteiger partial charge in [-0.15, -0.1) is 0 Å². The summed E-state index contributed by atoms with van der Waals surface area (Å²) >= 11 is 0. The molecule has 64 valence electrons. The fourth-order valence-corrected chi connectivity index (χ4v) is 2.02. The molecule has 3 atom stereocenters. The van der Waals surface area contributed by atoms with Gasteiger partial charge in [-0.2, -0.15) is 0 Å². The van der Waals surface area contributed by atoms with E-state index in [-0.39, 0.29) is 23.7 Å². The number of rotatable bonds is 0. The molecule has 2 rings (SSSR count). The number of hydrogen-bond donors (Lipinski definition) is 1. The highest BCUT2D eigenvalue weighted by molar-refractivity contribution is 6.06. The lowest BCUT2D eigenvalue weighted by molar-refractivity contribution is -0.126. The number of hydrogen-bond acceptors (Lipinski definition) is 2. The van der Waals surface area contributed by atoms with E-state index < -0.39 is 0 Å². The van der Waals surface area contributed by atoms with Crippen molar-refractivity contribution in [2.24, 2.45) is 17.8 Å². The summed E-state index contributed by atoms with van der Waals surface area (Å²) in [6, 6.07) is 0. The van der Waals surface area contributed by atoms with E-state index >= 15 is 0 Å². The van der Waals surface area contributed by atoms with Crippen LogP contribution in [0, 0.1) is 17.8 Å². The van der Waals surface area contributed by atoms with Gasteiger partial charge in [0.25, 0.3) is 0 Å². The van der Waals surface area contributed by atoms with Crippen molar-refractivity contribution in [3.05, 3.63) is 12.2 Å². The third kappa shape index (κ3) is 0.891. The Kier molecular flexibility index (Phi) is 1.53. The summed E-state index contributed by atoms with van der Waals surface area (Å²) < 4.78 is 0. The monoisotopic (exact) mass is 165 g/mol. The van der Waals surface area contributed by atoms with Crippen molar-refractivity contribution in [3.63, 3.8) is 0 Å². The van der Waals surface area contributed by atoms with E-state index in [0.29, 0.717) is 5.92 Å². The number of carbonyl (C=O) groups excluding carboxylic acids is 2. The van der Waals surface area contributed by atoms with Crippen molar-refractivity contribution in [1.82, 2.24) is 5.32 Å². The van der Waals surface area contributed by atoms with Gasteiger partial charge in [-0.3, -0.25) is 14.9 Å². The third-order valence-corrected chi connectivity index (χ3v) is 2.70. The predicted molar refractivity (Wildman–Crippen MR) is 43.1 cm³/mol. The van der Waals surface area contributed by atoms with E-state index in [1.165, 1.54) is 0 Å². The summed E-state index contributed by atoms with van der Waals surface area (Å²) in [5, 5.41) is 2.36. The van der Waals surface area contributed by atoms with Crippen LogP contribution in [-0.2, 0) is 9.59 Å². The minimum absolute atomic E-state index is 0.0955. The van der Waals surface area contributed by atoms with Gasteiger partial charge in [-0.25, -0.2) is 0 Å². The maximum Gasteiger partial charge on any atom is 0.234 e. The second-order valence-corrected chi connectivity index (χ2v) is 3.55. The number of nitrogens with one attached hydrogen (secondary N) is 1. The number of fused-ring (bicyclic) bond motifs is 1. The van der Waals surface area contributed by atoms with Crippen LogP contribution in [0.15, 0.2) is 12.2 Å². The topological polar surface area (TPSA) is 46.2 Å². The molecular weight excluding hydrogens is 154 g/mol. The second-order valence-electron chi connectivity index (χ2n) is 3.55. The maximum atomic E-state index is 11.3. The van der Waals surface area contributed by atoms with Gasteiger partial charge in [0.1, 0.15) is 0 Å². The van der Waals surface area contributed by atoms with Gasteiger partial charge in [0.15, 0.2) is 0 Å². The molecule has 0 aromatic rings. The summed E-state index contributed by atoms with van der Waals surface area (Å²) in [4.78, 5) is 22.4. The molecule has 0 saturated carbocycles. The largest absolute Gasteiger partial charge is 0.296 e. The zero-order valence-corrected chi connectivity index (χ0v) is 6.91. The molecule has 3 nitrogen and oxygen atoms in total. The standard InChI is InChI=1S/C9H11NO2/c1-5-3-2-4-6-7(5)9(12)10-8(6)11/h2,4-7H,3H2,1H3,(H,10,11,12). The number of carbonyl (C=O) groups is 2. The van der Waals surface area contributed by atoms with Gasteiger partial charge in [-0.1, -0.05) is 19.1 Å². The molecule has 2 aliphatic rings. The fourth-order valence-electron chi connectivity index (χ4n) is 2.02. The predicted octanol–water partition coefficient (Wildman–Crippen LogP) is 0.471. The molecule has 3 unspecified atom stereocenters. The summed E-state index contributed by atoms with van der Waals surface area (Å²) in [6.07, 6.45) is 4.75. The Morgan fingerprint density at radius 2 is 2.17 bits per heavy atom. The van der Waals surface area contributed by atoms with Crippen molar-refractivity contribution in [1.29, 1.82) is 0 Å². The molecule has 1 saturated heterocycles. The van der Waals surface area contributed by atoms with E-state index in [4.69, 9.17) is 0 Å². The molecule has 0 radical (unpaired) electrons. The Balaban J connectivity index is 2.34. The normalized spacial score (nSPS) is 39.6. The molecule has 1 heterocycles. The Morgan fingerprint density at radius 3 is 2.83 bits per heavy atom. The molecule has 1 aliphatic heterocycles. The van der Waals surface area contributed by atoms with Gasteiger partial charge < -0.3 is 0 Å². The molecule has 0 spiro atoms. The van der Waals surface area contributed by atoms with Crippen molar-refractivity contribution < 1.29 is 9.59 Å². The SMILES string of the molecule is CC1CC=CC2C(=O)NC(=O)C12. The molecule has 1 N–H and O–H groups in total. The van der Waals surface area contributed by atoms with Crippen LogP contribution in [0.4, 0.5) is 0 Å². The van der Waals surface area contributed by atoms with Crippen molar-refractivity contribution >= 4 is 11.8 Å². The smallest absolute Gasteiger partial charge is 0.234 e. The average molecular weight is 165 g/mol. The lowest BCUT2D eigenvalue weighted by atomic mass is 9.78. The summed E-state index contributed by atoms with van der Waals surface area (Å²) in [5.41, 5.74) is 0. The van der Waals surface area contributed by atoms with Gasteiger partial charge in [0, 0.05) is 0 Å². The zero-order valence-electron chi connectivity index (χ0n) is 6.91. The number of imide groups is 1. The van der Waals surface area contributed by atoms with Crippen LogP contribution < -0.4 is 5.32 Å². The molecule has 12 heavy (non-hydrogen) atoms. The molecule has 2 amide bonds. The number of amides is 2. The van der Waals surface area contributed by atoms with Gasteiger partial charge in [0.2, 0.25) is 11.8 Å². The van der Waals surface area contributed by atoms with Crippen molar-refractivity contribution in [2.75, 3.05) is 0 Å². The van der Waals surface area contributed by atoms with E-state index in [9.17, 15) is 9.59 Å². The lowest BCUT2D eigenvalue weighted by Gasteiger charge is -2.22. The first-order valence-corrected chi connectivity index (χ1v) is 4.21. The second kappa shape index (κ2) is 2.44. The van der Waals surface area contributed by atoms with E-state index in [2.05, 4.69) is 5.32 Å². The van der Waals surface area contributed by atoms with E-state index in [0.717, 1.165) is 6.42 Å². The quantitative estimate of drug-likeness (QED) is 0.419. The van der Waals surface area contributed by atoms with Crippen molar-refractivity contribution in [2.45, 2.75) is 13.3 Å². The fraction of sp³-hybridized carbons (Fsp3) is 0.556. The Bertz CT molecular complexity index is 270. The van der Waals surface area contributed by atoms with Crippen LogP contribution >= 0.6 is 0 Å². The Morgan fingerprint density at radius 1 is 1.42 bits per heavy atom. The highest BCUT2D eigenvalue weighted by Gasteiger charge is 2.43. The van der Waals surface area contributed by atoms with Crippen LogP contribution in [0.2, 0.25) is 0 Å². The van der Waals surface area contributed by atoms with Crippen molar-refractivity contribution in [3.8, 4) is 0 Å². The third-order valence-electron chi connectivity index (χ3n) is 2.70. The maximum absolute atomic E-state index is 11.3. The zero-order chi connectivity index (χ0) is 8.72. The summed E-state index contributed by atoms with van der Waals surface area (Å²) in [6.45, 7) is 2.01. The van der Waals surface area contributed by atoms with Gasteiger partial charge >= 0.3 is 0 Å². The molecule has 0 aromatic carbocycles. The Labute approximate surface area is 70.8 Å². The van der Waals surface area contributed by atoms with E-state index in [1.54, 1.807) is 0 Å². The Hall–Kier alpha value is -1.12. The summed E-state index contributed by atoms with van der Waals surface area (Å²) in [5.74, 6) is -0.232. The van der Waals surface area contributed by atoms with Crippen LogP contribution in [0.5, 0.6) is 0 Å². The average Bonchev–Trinajstić information content (AvgIpc) is 2.29. The van der Waals surface area contributed by atoms with Crippen LogP contribution in [0.25, 0.3) is 0 Å². The molecule has 1 fully saturated rings. The molecule has 1 aliphatic carbocycles. The molecule has 3 heteroatoms. The van der Waals surface area contributed by atoms with Crippen LogP contribution in [-0.4, -0.2) is 11.8 Å². The first kappa shape index (κ1) is 7.53. The van der Waals surface area contributed by atoms with Crippen LogP contribution in [0.1, 0.15) is 13.3 Å². The minimum atomic E-state index is -0.193.